The van der Waals surface area contributed by atoms with Gasteiger partial charge in [-0.3, -0.25) is 4.79 Å². The van der Waals surface area contributed by atoms with Crippen molar-refractivity contribution in [3.63, 3.8) is 0 Å². The van der Waals surface area contributed by atoms with Crippen LogP contribution in [0.5, 0.6) is 0 Å². The lowest BCUT2D eigenvalue weighted by Gasteiger charge is -2.48. The van der Waals surface area contributed by atoms with E-state index in [1.807, 2.05) is 6.08 Å². The van der Waals surface area contributed by atoms with Gasteiger partial charge in [0.1, 0.15) is 73.2 Å². The molecule has 3 fully saturated rings. The Labute approximate surface area is 591 Å². The van der Waals surface area contributed by atoms with Crippen molar-refractivity contribution in [1.82, 2.24) is 5.32 Å². The molecule has 3 saturated heterocycles. The Bertz CT molecular complexity index is 2050. The number of nitrogens with one attached hydrogen (secondary N) is 1. The molecule has 19 nitrogen and oxygen atoms in total. The largest absolute Gasteiger partial charge is 0.394 e. The van der Waals surface area contributed by atoms with Gasteiger partial charge in [-0.2, -0.15) is 0 Å². The van der Waals surface area contributed by atoms with Gasteiger partial charge in [0, 0.05) is 6.42 Å². The van der Waals surface area contributed by atoms with Crippen LogP contribution >= 0.6 is 0 Å². The molecule has 12 N–H and O–H groups in total. The van der Waals surface area contributed by atoms with Crippen molar-refractivity contribution in [3.05, 3.63) is 72.9 Å². The fraction of sp³-hybridized carbons (Fsp3) is 0.835. The van der Waals surface area contributed by atoms with Crippen LogP contribution in [0.15, 0.2) is 72.9 Å². The maximum absolute atomic E-state index is 13.4. The number of rotatable bonds is 61. The predicted molar refractivity (Wildman–Crippen MR) is 388 cm³/mol. The Kier molecular flexibility index (Phi) is 54.4. The van der Waals surface area contributed by atoms with Crippen LogP contribution in [-0.4, -0.2) is 193 Å². The van der Waals surface area contributed by atoms with Crippen molar-refractivity contribution in [2.75, 3.05) is 26.4 Å². The zero-order valence-electron chi connectivity index (χ0n) is 60.8. The fourth-order valence-corrected chi connectivity index (χ4v) is 13.0. The average Bonchev–Trinajstić information content (AvgIpc) is 0.785. The highest BCUT2D eigenvalue weighted by Crippen LogP contribution is 2.33. The first-order valence-corrected chi connectivity index (χ1v) is 39.2. The van der Waals surface area contributed by atoms with Crippen molar-refractivity contribution in [3.8, 4) is 0 Å². The molecule has 3 aliphatic heterocycles. The van der Waals surface area contributed by atoms with Crippen LogP contribution in [0.3, 0.4) is 0 Å². The molecule has 0 aliphatic carbocycles. The maximum Gasteiger partial charge on any atom is 0.220 e. The van der Waals surface area contributed by atoms with Crippen LogP contribution in [0.2, 0.25) is 0 Å². The number of amides is 1. The molecule has 0 bridgehead atoms. The van der Waals surface area contributed by atoms with Crippen molar-refractivity contribution >= 4 is 5.91 Å². The number of ether oxygens (including phenoxy) is 6. The summed E-state index contributed by atoms with van der Waals surface area (Å²) >= 11 is 0. The lowest BCUT2D eigenvalue weighted by Crippen LogP contribution is -2.66. The van der Waals surface area contributed by atoms with E-state index in [1.54, 1.807) is 6.08 Å². The van der Waals surface area contributed by atoms with E-state index < -0.39 is 124 Å². The Morgan fingerprint density at radius 2 is 0.704 bits per heavy atom. The zero-order chi connectivity index (χ0) is 71.1. The summed E-state index contributed by atoms with van der Waals surface area (Å²) in [5.74, 6) is -0.273. The first kappa shape index (κ1) is 89.4. The van der Waals surface area contributed by atoms with Gasteiger partial charge in [-0.05, 0) is 64.2 Å². The highest BCUT2D eigenvalue weighted by Gasteiger charge is 2.53. The Balaban J connectivity index is 1.26. The summed E-state index contributed by atoms with van der Waals surface area (Å²) in [5, 5.41) is 120. The van der Waals surface area contributed by atoms with Crippen molar-refractivity contribution in [2.45, 2.75) is 394 Å². The lowest BCUT2D eigenvalue weighted by molar-refractivity contribution is -0.379. The third-order valence-electron chi connectivity index (χ3n) is 19.3. The molecule has 17 atom stereocenters. The third-order valence-corrected chi connectivity index (χ3v) is 19.3. The number of hydrogen-bond acceptors (Lipinski definition) is 18. The molecule has 98 heavy (non-hydrogen) atoms. The van der Waals surface area contributed by atoms with Crippen LogP contribution in [0.4, 0.5) is 0 Å². The van der Waals surface area contributed by atoms with E-state index in [9.17, 15) is 61.0 Å². The fourth-order valence-electron chi connectivity index (χ4n) is 13.0. The van der Waals surface area contributed by atoms with Gasteiger partial charge in [-0.15, -0.1) is 0 Å². The minimum Gasteiger partial charge on any atom is -0.394 e. The Hall–Kier alpha value is -2.77. The molecule has 3 rings (SSSR count). The van der Waals surface area contributed by atoms with Gasteiger partial charge in [0.25, 0.3) is 0 Å². The predicted octanol–water partition coefficient (Wildman–Crippen LogP) is 12.4. The number of carbonyl (C=O) groups excluding carboxylic acids is 1. The van der Waals surface area contributed by atoms with Crippen LogP contribution in [0.25, 0.3) is 0 Å². The van der Waals surface area contributed by atoms with Gasteiger partial charge in [-0.1, -0.05) is 292 Å². The third kappa shape index (κ3) is 39.8. The first-order chi connectivity index (χ1) is 47.8. The summed E-state index contributed by atoms with van der Waals surface area (Å²) in [4.78, 5) is 13.4. The smallest absolute Gasteiger partial charge is 0.220 e. The monoisotopic (exact) mass is 1390 g/mol. The molecular weight excluding hydrogens is 1250 g/mol. The van der Waals surface area contributed by atoms with Crippen LogP contribution in [-0.2, 0) is 33.2 Å². The number of aliphatic hydroxyl groups is 11. The van der Waals surface area contributed by atoms with Crippen LogP contribution in [0.1, 0.15) is 290 Å². The van der Waals surface area contributed by atoms with E-state index in [-0.39, 0.29) is 18.9 Å². The number of hydrogen-bond donors (Lipinski definition) is 12. The molecular formula is C79H141NO18. The molecule has 19 heteroatoms. The summed E-state index contributed by atoms with van der Waals surface area (Å²) in [6.45, 7) is 1.62. The first-order valence-electron chi connectivity index (χ1n) is 39.2. The van der Waals surface area contributed by atoms with Gasteiger partial charge in [0.2, 0.25) is 5.91 Å². The summed E-state index contributed by atoms with van der Waals surface area (Å²) < 4.78 is 34.3. The second-order valence-electron chi connectivity index (χ2n) is 27.8. The van der Waals surface area contributed by atoms with Crippen molar-refractivity contribution in [2.24, 2.45) is 0 Å². The van der Waals surface area contributed by atoms with Gasteiger partial charge in [0.05, 0.1) is 38.6 Å². The van der Waals surface area contributed by atoms with Gasteiger partial charge < -0.3 is 89.9 Å². The molecule has 0 aromatic heterocycles. The maximum atomic E-state index is 13.4. The molecule has 0 radical (unpaired) electrons. The molecule has 0 spiro atoms. The SMILES string of the molecule is CC/C=C\C/C=C\C/C=C\C/C=C\C/C=C\CCCCCCCCCCCCCCCCCCCCCCCCCCCC(=O)NC(COC1OC(CO)C(OC2OC(CO)C(OC3OC(CO)C(O)C(O)C3O)C(O)C2O)C(O)C1O)C(O)/C=C/CCCCCCCCCCCC. The molecule has 570 valence electrons. The minimum absolute atomic E-state index is 0.245. The van der Waals surface area contributed by atoms with Crippen LogP contribution < -0.4 is 5.32 Å². The Morgan fingerprint density at radius 3 is 1.10 bits per heavy atom. The minimum atomic E-state index is -1.98. The highest BCUT2D eigenvalue weighted by atomic mass is 16.8. The molecule has 1 amide bonds. The van der Waals surface area contributed by atoms with Gasteiger partial charge >= 0.3 is 0 Å². The van der Waals surface area contributed by atoms with Gasteiger partial charge in [0.15, 0.2) is 18.9 Å². The van der Waals surface area contributed by atoms with Gasteiger partial charge in [-0.25, -0.2) is 0 Å². The van der Waals surface area contributed by atoms with E-state index in [2.05, 4.69) is 79.9 Å². The highest BCUT2D eigenvalue weighted by molar-refractivity contribution is 5.76. The second kappa shape index (κ2) is 59.6. The molecule has 0 aromatic rings. The quantitative estimate of drug-likeness (QED) is 0.0199. The number of aliphatic hydroxyl groups excluding tert-OH is 11. The lowest BCUT2D eigenvalue weighted by atomic mass is 9.96. The molecule has 3 heterocycles. The van der Waals surface area contributed by atoms with Crippen molar-refractivity contribution < 1.29 is 89.4 Å². The van der Waals surface area contributed by atoms with E-state index in [1.165, 1.54) is 186 Å². The summed E-state index contributed by atoms with van der Waals surface area (Å²) in [5.41, 5.74) is 0. The second-order valence-corrected chi connectivity index (χ2v) is 27.8. The number of carbonyl (C=O) groups is 1. The summed E-state index contributed by atoms with van der Waals surface area (Å²) in [6, 6.07) is -0.972. The molecule has 3 aliphatic rings. The summed E-state index contributed by atoms with van der Waals surface area (Å²) in [6.07, 6.45) is 50.7. The van der Waals surface area contributed by atoms with Crippen LogP contribution in [0, 0.1) is 0 Å². The average molecular weight is 1390 g/mol. The standard InChI is InChI=1S/C79H141NO18/c1-3-5-7-9-11-13-15-17-18-19-20-21-22-23-24-25-26-27-28-29-30-31-32-33-34-35-36-37-38-39-40-41-42-43-44-45-47-49-51-53-55-57-67(85)80-62(63(84)56-54-52-50-48-46-16-14-12-10-8-6-4-2)61-93-77-73(91)70(88)75(65(59-82)95-77)98-79-74(92)71(89)76(66(60-83)96-79)97-78-72(90)69(87)68(86)64(58-81)94-78/h5,7,11,13,17-18,20-21,23-24,54,56,62-66,68-79,81-84,86-92H,3-4,6,8-10,12,14-16,19,22,25-53,55,57-61H2,1-2H3,(H,80,85)/b7-5-,13-11-,18-17-,21-20-,24-23-,56-54+. The summed E-state index contributed by atoms with van der Waals surface area (Å²) in [7, 11) is 0. The van der Waals surface area contributed by atoms with E-state index >= 15 is 0 Å². The number of allylic oxidation sites excluding steroid dienone is 11. The molecule has 0 saturated carbocycles. The zero-order valence-corrected chi connectivity index (χ0v) is 60.8. The Morgan fingerprint density at radius 1 is 0.378 bits per heavy atom. The van der Waals surface area contributed by atoms with E-state index in [4.69, 9.17) is 28.4 Å². The molecule has 17 unspecified atom stereocenters. The number of unbranched alkanes of at least 4 members (excludes halogenated alkanes) is 35. The normalized spacial score (nSPS) is 27.1. The topological polar surface area (TPSA) is 307 Å². The van der Waals surface area contributed by atoms with E-state index in [0.29, 0.717) is 6.42 Å². The van der Waals surface area contributed by atoms with Crippen molar-refractivity contribution in [1.29, 1.82) is 0 Å². The van der Waals surface area contributed by atoms with E-state index in [0.717, 1.165) is 77.0 Å². The molecule has 0 aromatic carbocycles.